The van der Waals surface area contributed by atoms with Gasteiger partial charge in [-0.1, -0.05) is 98.0 Å². The third-order valence-electron chi connectivity index (χ3n) is 9.24. The number of hydrogen-bond acceptors (Lipinski definition) is 2. The molecule has 1 aromatic rings. The summed E-state index contributed by atoms with van der Waals surface area (Å²) in [6, 6.07) is 6.17. The Balaban J connectivity index is 1.61. The van der Waals surface area contributed by atoms with Gasteiger partial charge in [0.15, 0.2) is 0 Å². The van der Waals surface area contributed by atoms with Gasteiger partial charge < -0.3 is 4.90 Å². The van der Waals surface area contributed by atoms with Crippen LogP contribution in [0.2, 0.25) is 0 Å². The van der Waals surface area contributed by atoms with E-state index >= 15 is 0 Å². The lowest BCUT2D eigenvalue weighted by molar-refractivity contribution is 0.0609. The Labute approximate surface area is 248 Å². The van der Waals surface area contributed by atoms with Crippen molar-refractivity contribution in [3.8, 4) is 0 Å². The zero-order valence-electron chi connectivity index (χ0n) is 25.7. The van der Waals surface area contributed by atoms with Crippen LogP contribution in [-0.2, 0) is 6.42 Å². The van der Waals surface area contributed by atoms with E-state index in [1.165, 1.54) is 27.9 Å². The molecular weight excluding hydrogens is 500 g/mol. The Hall–Kier alpha value is -3.43. The zero-order chi connectivity index (χ0) is 29.4. The van der Waals surface area contributed by atoms with Crippen LogP contribution in [0.1, 0.15) is 74.9 Å². The minimum atomic E-state index is -0.0659. The monoisotopic (exact) mass is 548 g/mol. The maximum absolute atomic E-state index is 14.2. The predicted molar refractivity (Wildman–Crippen MR) is 176 cm³/mol. The largest absolute Gasteiger partial charge is 0.337 e. The molecule has 216 valence electrons. The van der Waals surface area contributed by atoms with Gasteiger partial charge in [0.25, 0.3) is 5.91 Å². The van der Waals surface area contributed by atoms with E-state index in [2.05, 4.69) is 99.3 Å². The number of benzene rings is 1. The summed E-state index contributed by atoms with van der Waals surface area (Å²) in [5, 5.41) is 0. The molecule has 1 amide bonds. The third kappa shape index (κ3) is 7.08. The summed E-state index contributed by atoms with van der Waals surface area (Å²) >= 11 is 0. The van der Waals surface area contributed by atoms with Crippen LogP contribution in [0.25, 0.3) is 6.08 Å². The molecule has 2 aliphatic heterocycles. The molecule has 1 spiro atoms. The van der Waals surface area contributed by atoms with Gasteiger partial charge in [-0.15, -0.1) is 0 Å². The lowest BCUT2D eigenvalue weighted by Gasteiger charge is -2.45. The van der Waals surface area contributed by atoms with Gasteiger partial charge >= 0.3 is 0 Å². The van der Waals surface area contributed by atoms with E-state index in [0.717, 1.165) is 81.5 Å². The summed E-state index contributed by atoms with van der Waals surface area (Å²) in [5.41, 5.74) is 9.87. The first-order valence-corrected chi connectivity index (χ1v) is 15.3. The van der Waals surface area contributed by atoms with E-state index in [1.54, 1.807) is 0 Å². The smallest absolute Gasteiger partial charge is 0.254 e. The van der Waals surface area contributed by atoms with Gasteiger partial charge in [-0.05, 0) is 99.9 Å². The highest BCUT2D eigenvalue weighted by molar-refractivity contribution is 5.97. The molecule has 2 heterocycles. The van der Waals surface area contributed by atoms with E-state index in [-0.39, 0.29) is 11.3 Å². The molecule has 3 nitrogen and oxygen atoms in total. The minimum Gasteiger partial charge on any atom is -0.337 e. The minimum absolute atomic E-state index is 0.0659. The summed E-state index contributed by atoms with van der Waals surface area (Å²) in [6.45, 7) is 21.4. The molecule has 0 bridgehead atoms. The first-order valence-electron chi connectivity index (χ1n) is 15.3. The molecule has 0 N–H and O–H groups in total. The molecule has 0 saturated carbocycles. The van der Waals surface area contributed by atoms with Crippen LogP contribution in [0.3, 0.4) is 0 Å². The van der Waals surface area contributed by atoms with Gasteiger partial charge in [-0.25, -0.2) is 0 Å². The quantitative estimate of drug-likeness (QED) is 0.304. The van der Waals surface area contributed by atoms with Gasteiger partial charge in [-0.3, -0.25) is 9.69 Å². The molecule has 0 radical (unpaired) electrons. The number of amides is 1. The zero-order valence-corrected chi connectivity index (χ0v) is 25.7. The van der Waals surface area contributed by atoms with Crippen molar-refractivity contribution in [1.82, 2.24) is 9.80 Å². The van der Waals surface area contributed by atoms with E-state index < -0.39 is 0 Å². The number of likely N-dealkylation sites (tertiary alicyclic amines) is 1. The Morgan fingerprint density at radius 2 is 1.88 bits per heavy atom. The summed E-state index contributed by atoms with van der Waals surface area (Å²) < 4.78 is 0. The second-order valence-electron chi connectivity index (χ2n) is 11.9. The molecule has 0 unspecified atom stereocenters. The molecule has 4 rings (SSSR count). The summed E-state index contributed by atoms with van der Waals surface area (Å²) in [6.07, 6.45) is 23.7. The summed E-state index contributed by atoms with van der Waals surface area (Å²) in [7, 11) is 0. The maximum atomic E-state index is 14.2. The maximum Gasteiger partial charge on any atom is 0.254 e. The van der Waals surface area contributed by atoms with Crippen molar-refractivity contribution >= 4 is 12.0 Å². The third-order valence-corrected chi connectivity index (χ3v) is 9.24. The first kappa shape index (κ1) is 30.5. The van der Waals surface area contributed by atoms with Crippen LogP contribution < -0.4 is 0 Å². The number of piperidine rings is 1. The Kier molecular flexibility index (Phi) is 10.4. The molecule has 1 aliphatic carbocycles. The lowest BCUT2D eigenvalue weighted by atomic mass is 9.70. The summed E-state index contributed by atoms with van der Waals surface area (Å²) in [5.74, 6) is 0.166. The van der Waals surface area contributed by atoms with Gasteiger partial charge in [0.1, 0.15) is 0 Å². The fraction of sp³-hybridized carbons (Fsp3) is 0.395. The van der Waals surface area contributed by atoms with Crippen molar-refractivity contribution in [3.63, 3.8) is 0 Å². The highest BCUT2D eigenvalue weighted by Gasteiger charge is 2.42. The van der Waals surface area contributed by atoms with E-state index in [4.69, 9.17) is 0 Å². The molecule has 0 atom stereocenters. The summed E-state index contributed by atoms with van der Waals surface area (Å²) in [4.78, 5) is 18.9. The second kappa shape index (κ2) is 14.0. The van der Waals surface area contributed by atoms with E-state index in [1.807, 2.05) is 24.3 Å². The Morgan fingerprint density at radius 1 is 1.10 bits per heavy atom. The number of fused-ring (bicyclic) bond motifs is 1. The number of carbonyl (C=O) groups excluding carboxylic acids is 1. The second-order valence-corrected chi connectivity index (χ2v) is 11.9. The van der Waals surface area contributed by atoms with Gasteiger partial charge in [0.2, 0.25) is 0 Å². The van der Waals surface area contributed by atoms with Crippen molar-refractivity contribution in [2.45, 2.75) is 59.8 Å². The number of nitrogens with zero attached hydrogens (tertiary/aromatic N) is 2. The van der Waals surface area contributed by atoms with Crippen molar-refractivity contribution in [3.05, 3.63) is 125 Å². The van der Waals surface area contributed by atoms with Crippen LogP contribution in [0.5, 0.6) is 0 Å². The standard InChI is InChI=1S/C38H48N2O/c1-7-10-19-36-30(5)20-23-40(37(41)35-18-14-16-33-15-12-11-13-17-34(33)35)28-38(36)21-24-39(25-22-38)27-32(9-3)31(6)26-29(4)8-2/h7,9-16,18-19,26H,1,3,8,17,20-25,27-28H2,2,4-6H3/b19-10-,29-26+,32-31+. The average Bonchev–Trinajstić information content (AvgIpc) is 3.30. The topological polar surface area (TPSA) is 23.6 Å². The van der Waals surface area contributed by atoms with Crippen molar-refractivity contribution in [2.24, 2.45) is 5.41 Å². The van der Waals surface area contributed by atoms with Crippen LogP contribution in [0.4, 0.5) is 0 Å². The molecule has 1 fully saturated rings. The SMILES string of the molecule is C=C/C=C\C1=C(C)CCN(C(=O)c2cccc3c2CC=CC=C3)CC12CCN(C/C(C=C)=C(C)/C=C(\C)CC)CC2. The normalized spacial score (nSPS) is 20.1. The molecule has 1 saturated heterocycles. The van der Waals surface area contributed by atoms with Gasteiger partial charge in [-0.2, -0.15) is 0 Å². The molecule has 41 heavy (non-hydrogen) atoms. The van der Waals surface area contributed by atoms with Crippen molar-refractivity contribution in [2.75, 3.05) is 32.7 Å². The number of allylic oxidation sites excluding steroid dienone is 9. The average molecular weight is 549 g/mol. The van der Waals surface area contributed by atoms with Crippen LogP contribution in [-0.4, -0.2) is 48.4 Å². The fourth-order valence-electron chi connectivity index (χ4n) is 6.58. The van der Waals surface area contributed by atoms with Crippen LogP contribution in [0, 0.1) is 5.41 Å². The lowest BCUT2D eigenvalue weighted by Crippen LogP contribution is -2.48. The van der Waals surface area contributed by atoms with Gasteiger partial charge in [0, 0.05) is 30.6 Å². The van der Waals surface area contributed by atoms with Crippen LogP contribution >= 0.6 is 0 Å². The van der Waals surface area contributed by atoms with Crippen molar-refractivity contribution in [1.29, 1.82) is 0 Å². The number of carbonyl (C=O) groups is 1. The highest BCUT2D eigenvalue weighted by Crippen LogP contribution is 2.44. The van der Waals surface area contributed by atoms with E-state index in [9.17, 15) is 4.79 Å². The fourth-order valence-corrected chi connectivity index (χ4v) is 6.58. The molecule has 1 aromatic carbocycles. The highest BCUT2D eigenvalue weighted by atomic mass is 16.2. The molecular formula is C38H48N2O. The first-order chi connectivity index (χ1) is 19.8. The van der Waals surface area contributed by atoms with Crippen LogP contribution in [0.15, 0.2) is 108 Å². The predicted octanol–water partition coefficient (Wildman–Crippen LogP) is 8.66. The molecule has 3 aliphatic rings. The number of hydrogen-bond donors (Lipinski definition) is 0. The number of rotatable bonds is 8. The molecule has 3 heteroatoms. The Morgan fingerprint density at radius 3 is 2.59 bits per heavy atom. The van der Waals surface area contributed by atoms with Gasteiger partial charge in [0.05, 0.1) is 0 Å². The molecule has 0 aromatic heterocycles. The van der Waals surface area contributed by atoms with Crippen molar-refractivity contribution < 1.29 is 4.79 Å². The van der Waals surface area contributed by atoms with E-state index in [0.29, 0.717) is 0 Å². The Bertz CT molecular complexity index is 1340.